The van der Waals surface area contributed by atoms with Gasteiger partial charge in [0.2, 0.25) is 10.0 Å². The second-order valence-corrected chi connectivity index (χ2v) is 10.4. The van der Waals surface area contributed by atoms with E-state index in [0.29, 0.717) is 22.1 Å². The van der Waals surface area contributed by atoms with Crippen LogP contribution in [0.25, 0.3) is 0 Å². The lowest BCUT2D eigenvalue weighted by Gasteiger charge is -2.23. The SMILES string of the molecule is CSc1ccccc1CN(c1ccc(C#N)cc1)c1nc(C(=O)NS(C)(=O)=O)c(C)s1. The molecule has 0 aliphatic heterocycles. The molecule has 3 rings (SSSR count). The van der Waals surface area contributed by atoms with E-state index in [1.807, 2.05) is 52.3 Å². The van der Waals surface area contributed by atoms with E-state index in [1.165, 1.54) is 11.3 Å². The number of hydrogen-bond donors (Lipinski definition) is 1. The summed E-state index contributed by atoms with van der Waals surface area (Å²) in [6, 6.07) is 17.2. The molecule has 1 N–H and O–H groups in total. The zero-order valence-corrected chi connectivity index (χ0v) is 19.6. The molecule has 7 nitrogen and oxygen atoms in total. The molecule has 0 aliphatic carbocycles. The van der Waals surface area contributed by atoms with Crippen LogP contribution in [0.4, 0.5) is 10.8 Å². The summed E-state index contributed by atoms with van der Waals surface area (Å²) in [6.07, 6.45) is 2.93. The van der Waals surface area contributed by atoms with E-state index in [1.54, 1.807) is 30.8 Å². The van der Waals surface area contributed by atoms with Crippen molar-refractivity contribution in [1.29, 1.82) is 5.26 Å². The van der Waals surface area contributed by atoms with Gasteiger partial charge in [-0.05, 0) is 49.1 Å². The summed E-state index contributed by atoms with van der Waals surface area (Å²) >= 11 is 2.94. The lowest BCUT2D eigenvalue weighted by atomic mass is 10.1. The Morgan fingerprint density at radius 1 is 1.23 bits per heavy atom. The molecule has 0 bridgehead atoms. The van der Waals surface area contributed by atoms with Gasteiger partial charge >= 0.3 is 0 Å². The van der Waals surface area contributed by atoms with Crippen molar-refractivity contribution >= 4 is 49.8 Å². The third-order valence-electron chi connectivity index (χ3n) is 4.34. The quantitative estimate of drug-likeness (QED) is 0.517. The first kappa shape index (κ1) is 22.8. The molecule has 0 spiro atoms. The van der Waals surface area contributed by atoms with Crippen LogP contribution in [0.3, 0.4) is 0 Å². The molecule has 160 valence electrons. The molecule has 1 heterocycles. The van der Waals surface area contributed by atoms with Crippen LogP contribution >= 0.6 is 23.1 Å². The number of sulfonamides is 1. The van der Waals surface area contributed by atoms with Crippen molar-refractivity contribution in [2.75, 3.05) is 17.4 Å². The number of hydrogen-bond acceptors (Lipinski definition) is 8. The van der Waals surface area contributed by atoms with Crippen molar-refractivity contribution < 1.29 is 13.2 Å². The van der Waals surface area contributed by atoms with Crippen molar-refractivity contribution in [2.24, 2.45) is 0 Å². The summed E-state index contributed by atoms with van der Waals surface area (Å²) in [5, 5.41) is 9.66. The second kappa shape index (κ2) is 9.51. The smallest absolute Gasteiger partial charge is 0.284 e. The number of thioether (sulfide) groups is 1. The number of nitriles is 1. The number of nitrogens with one attached hydrogen (secondary N) is 1. The summed E-state index contributed by atoms with van der Waals surface area (Å²) in [7, 11) is -3.70. The standard InChI is InChI=1S/C21H20N4O3S3/c1-14-19(20(26)24-31(3,27)28)23-21(30-14)25(17-10-8-15(12-22)9-11-17)13-16-6-4-5-7-18(16)29-2/h4-11H,13H2,1-3H3,(H,24,26). The van der Waals surface area contributed by atoms with Crippen LogP contribution in [0, 0.1) is 18.3 Å². The Labute approximate surface area is 189 Å². The van der Waals surface area contributed by atoms with Crippen molar-refractivity contribution in [2.45, 2.75) is 18.4 Å². The fourth-order valence-electron chi connectivity index (χ4n) is 2.91. The normalized spacial score (nSPS) is 11.0. The van der Waals surface area contributed by atoms with E-state index in [-0.39, 0.29) is 5.69 Å². The lowest BCUT2D eigenvalue weighted by Crippen LogP contribution is -2.30. The maximum absolute atomic E-state index is 12.4. The first-order valence-corrected chi connectivity index (χ1v) is 13.0. The van der Waals surface area contributed by atoms with E-state index >= 15 is 0 Å². The average molecular weight is 473 g/mol. The second-order valence-electron chi connectivity index (χ2n) is 6.66. The van der Waals surface area contributed by atoms with Gasteiger partial charge in [0, 0.05) is 15.5 Å². The van der Waals surface area contributed by atoms with Gasteiger partial charge in [-0.15, -0.1) is 23.1 Å². The number of anilines is 2. The lowest BCUT2D eigenvalue weighted by molar-refractivity contribution is 0.0977. The van der Waals surface area contributed by atoms with E-state index in [9.17, 15) is 13.2 Å². The first-order valence-electron chi connectivity index (χ1n) is 9.11. The molecule has 0 atom stereocenters. The van der Waals surface area contributed by atoms with Crippen molar-refractivity contribution in [3.05, 3.63) is 70.2 Å². The van der Waals surface area contributed by atoms with E-state index < -0.39 is 15.9 Å². The first-order chi connectivity index (χ1) is 14.7. The van der Waals surface area contributed by atoms with Gasteiger partial charge in [-0.2, -0.15) is 5.26 Å². The van der Waals surface area contributed by atoms with Crippen LogP contribution in [0.1, 0.15) is 26.5 Å². The highest BCUT2D eigenvalue weighted by Gasteiger charge is 2.22. The summed E-state index contributed by atoms with van der Waals surface area (Å²) in [4.78, 5) is 20.5. The molecule has 0 radical (unpaired) electrons. The molecule has 0 aliphatic rings. The van der Waals surface area contributed by atoms with Crippen molar-refractivity contribution in [3.8, 4) is 6.07 Å². The Kier molecular flexibility index (Phi) is 7.00. The topological polar surface area (TPSA) is 103 Å². The zero-order chi connectivity index (χ0) is 22.6. The average Bonchev–Trinajstić information content (AvgIpc) is 3.12. The van der Waals surface area contributed by atoms with Gasteiger partial charge in [0.25, 0.3) is 5.91 Å². The molecular formula is C21H20N4O3S3. The van der Waals surface area contributed by atoms with Crippen LogP contribution in [0.5, 0.6) is 0 Å². The number of nitrogens with zero attached hydrogens (tertiary/aromatic N) is 3. The van der Waals surface area contributed by atoms with Gasteiger partial charge in [-0.25, -0.2) is 18.1 Å². The minimum Gasteiger partial charge on any atom is -0.313 e. The van der Waals surface area contributed by atoms with Gasteiger partial charge in [0.15, 0.2) is 5.13 Å². The Morgan fingerprint density at radius 3 is 2.52 bits per heavy atom. The maximum Gasteiger partial charge on any atom is 0.284 e. The van der Waals surface area contributed by atoms with Crippen LogP contribution in [-0.4, -0.2) is 31.8 Å². The van der Waals surface area contributed by atoms with Gasteiger partial charge in [0.05, 0.1) is 24.4 Å². The van der Waals surface area contributed by atoms with Crippen LogP contribution in [-0.2, 0) is 16.6 Å². The molecule has 1 amide bonds. The highest BCUT2D eigenvalue weighted by atomic mass is 32.2. The number of carbonyl (C=O) groups excluding carboxylic acids is 1. The van der Waals surface area contributed by atoms with E-state index in [0.717, 1.165) is 22.4 Å². The van der Waals surface area contributed by atoms with Gasteiger partial charge in [-0.3, -0.25) is 4.79 Å². The summed E-state index contributed by atoms with van der Waals surface area (Å²) in [6.45, 7) is 2.22. The number of amides is 1. The number of carbonyl (C=O) groups is 1. The number of rotatable bonds is 7. The van der Waals surface area contributed by atoms with Crippen molar-refractivity contribution in [3.63, 3.8) is 0 Å². The summed E-state index contributed by atoms with van der Waals surface area (Å²) in [5.74, 6) is -0.758. The molecule has 2 aromatic carbocycles. The third kappa shape index (κ3) is 5.64. The number of benzene rings is 2. The van der Waals surface area contributed by atoms with Gasteiger partial charge < -0.3 is 4.90 Å². The predicted octanol–water partition coefficient (Wildman–Crippen LogP) is 4.07. The largest absolute Gasteiger partial charge is 0.313 e. The number of thiazole rings is 1. The molecule has 1 aromatic heterocycles. The molecule has 31 heavy (non-hydrogen) atoms. The highest BCUT2D eigenvalue weighted by molar-refractivity contribution is 7.98. The summed E-state index contributed by atoms with van der Waals surface area (Å²) < 4.78 is 24.9. The molecule has 0 fully saturated rings. The summed E-state index contributed by atoms with van der Waals surface area (Å²) in [5.41, 5.74) is 2.49. The van der Waals surface area contributed by atoms with Crippen LogP contribution in [0.2, 0.25) is 0 Å². The monoisotopic (exact) mass is 472 g/mol. The van der Waals surface area contributed by atoms with Gasteiger partial charge in [0.1, 0.15) is 5.69 Å². The molecule has 0 unspecified atom stereocenters. The fourth-order valence-corrected chi connectivity index (χ4v) is 4.88. The Balaban J connectivity index is 2.05. The molecule has 0 saturated heterocycles. The minimum atomic E-state index is -3.70. The molecule has 0 saturated carbocycles. The fraction of sp³-hybridized carbons (Fsp3) is 0.190. The third-order valence-corrected chi connectivity index (χ3v) is 6.73. The predicted molar refractivity (Wildman–Crippen MR) is 124 cm³/mol. The zero-order valence-electron chi connectivity index (χ0n) is 17.1. The Morgan fingerprint density at radius 2 is 1.90 bits per heavy atom. The van der Waals surface area contributed by atoms with Crippen LogP contribution < -0.4 is 9.62 Å². The number of aromatic nitrogens is 1. The molecule has 3 aromatic rings. The van der Waals surface area contributed by atoms with Crippen LogP contribution in [0.15, 0.2) is 53.4 Å². The number of aryl methyl sites for hydroxylation is 1. The molecule has 10 heteroatoms. The van der Waals surface area contributed by atoms with E-state index in [4.69, 9.17) is 5.26 Å². The van der Waals surface area contributed by atoms with E-state index in [2.05, 4.69) is 11.1 Å². The maximum atomic E-state index is 12.4. The minimum absolute atomic E-state index is 0.0715. The Bertz CT molecular complexity index is 1250. The van der Waals surface area contributed by atoms with Gasteiger partial charge in [-0.1, -0.05) is 18.2 Å². The molecular weight excluding hydrogens is 452 g/mol. The highest BCUT2D eigenvalue weighted by Crippen LogP contribution is 2.34. The van der Waals surface area contributed by atoms with Crippen molar-refractivity contribution in [1.82, 2.24) is 9.71 Å². The Hall–Kier alpha value is -2.87.